The number of hydrogen-bond donors (Lipinski definition) is 0. The monoisotopic (exact) mass is 640 g/mol. The average Bonchev–Trinajstić information content (AvgIpc) is 3.71. The summed E-state index contributed by atoms with van der Waals surface area (Å²) < 4.78 is 4.49. The third kappa shape index (κ3) is 4.50. The first-order chi connectivity index (χ1) is 24.8. The summed E-state index contributed by atoms with van der Waals surface area (Å²) in [4.78, 5) is 19.5. The Morgan fingerprint density at radius 3 is 1.68 bits per heavy atom. The van der Waals surface area contributed by atoms with E-state index in [9.17, 15) is 0 Å². The van der Waals surface area contributed by atoms with Crippen molar-refractivity contribution in [3.63, 3.8) is 0 Å². The number of rotatable bonds is 5. The molecule has 0 saturated heterocycles. The van der Waals surface area contributed by atoms with E-state index in [4.69, 9.17) is 15.0 Å². The molecule has 0 N–H and O–H groups in total. The molecule has 0 bridgehead atoms. The molecule has 0 amide bonds. The van der Waals surface area contributed by atoms with Crippen LogP contribution >= 0.6 is 0 Å². The topological polar surface area (TPSA) is 61.4 Å². The normalized spacial score (nSPS) is 11.6. The maximum absolute atomic E-state index is 5.08. The second kappa shape index (κ2) is 11.4. The van der Waals surface area contributed by atoms with E-state index in [0.29, 0.717) is 17.6 Å². The minimum absolute atomic E-state index is 0.582. The molecule has 10 aromatic rings. The number of benzene rings is 6. The van der Waals surface area contributed by atoms with Crippen LogP contribution < -0.4 is 0 Å². The Morgan fingerprint density at radius 1 is 0.360 bits per heavy atom. The fourth-order valence-electron chi connectivity index (χ4n) is 7.16. The van der Waals surface area contributed by atoms with Gasteiger partial charge in [0.2, 0.25) is 5.95 Å². The molecule has 0 radical (unpaired) electrons. The zero-order chi connectivity index (χ0) is 33.0. The highest BCUT2D eigenvalue weighted by Crippen LogP contribution is 2.38. The third-order valence-corrected chi connectivity index (χ3v) is 9.48. The fourth-order valence-corrected chi connectivity index (χ4v) is 7.16. The maximum atomic E-state index is 5.08. The Morgan fingerprint density at radius 2 is 0.940 bits per heavy atom. The predicted octanol–water partition coefficient (Wildman–Crippen LogP) is 10.5. The van der Waals surface area contributed by atoms with Gasteiger partial charge in [-0.1, -0.05) is 115 Å². The highest BCUT2D eigenvalue weighted by molar-refractivity contribution is 6.12. The van der Waals surface area contributed by atoms with Gasteiger partial charge in [0.05, 0.1) is 22.1 Å². The van der Waals surface area contributed by atoms with Crippen LogP contribution in [0.15, 0.2) is 170 Å². The van der Waals surface area contributed by atoms with E-state index >= 15 is 0 Å². The molecule has 0 atom stereocenters. The lowest BCUT2D eigenvalue weighted by atomic mass is 10.0. The van der Waals surface area contributed by atoms with Crippen molar-refractivity contribution in [3.05, 3.63) is 170 Å². The quantitative estimate of drug-likeness (QED) is 0.188. The van der Waals surface area contributed by atoms with Gasteiger partial charge in [0, 0.05) is 50.8 Å². The van der Waals surface area contributed by atoms with Crippen LogP contribution in [0.2, 0.25) is 0 Å². The van der Waals surface area contributed by atoms with Gasteiger partial charge in [-0.05, 0) is 53.6 Å². The minimum Gasteiger partial charge on any atom is -0.309 e. The molecule has 6 heteroatoms. The van der Waals surface area contributed by atoms with Crippen LogP contribution in [-0.2, 0) is 0 Å². The van der Waals surface area contributed by atoms with E-state index in [1.54, 1.807) is 0 Å². The van der Waals surface area contributed by atoms with Crippen molar-refractivity contribution in [1.29, 1.82) is 0 Å². The van der Waals surface area contributed by atoms with Gasteiger partial charge in [-0.15, -0.1) is 0 Å². The first-order valence-electron chi connectivity index (χ1n) is 16.6. The summed E-state index contributed by atoms with van der Waals surface area (Å²) in [6.07, 6.45) is 3.83. The van der Waals surface area contributed by atoms with Gasteiger partial charge < -0.3 is 4.57 Å². The van der Waals surface area contributed by atoms with E-state index < -0.39 is 0 Å². The summed E-state index contributed by atoms with van der Waals surface area (Å²) in [5.74, 6) is 1.85. The van der Waals surface area contributed by atoms with Gasteiger partial charge in [-0.25, -0.2) is 4.98 Å². The van der Waals surface area contributed by atoms with Crippen molar-refractivity contribution in [2.24, 2.45) is 0 Å². The largest absolute Gasteiger partial charge is 0.309 e. The number of fused-ring (bicyclic) bond motifs is 6. The molecule has 0 fully saturated rings. The summed E-state index contributed by atoms with van der Waals surface area (Å²) in [5, 5.41) is 4.59. The first kappa shape index (κ1) is 28.1. The first-order valence-corrected chi connectivity index (χ1v) is 16.6. The van der Waals surface area contributed by atoms with Crippen LogP contribution in [-0.4, -0.2) is 29.1 Å². The molecule has 234 valence electrons. The van der Waals surface area contributed by atoms with Gasteiger partial charge in [-0.2, -0.15) is 9.97 Å². The van der Waals surface area contributed by atoms with Crippen molar-refractivity contribution in [2.45, 2.75) is 0 Å². The van der Waals surface area contributed by atoms with Crippen molar-refractivity contribution < 1.29 is 0 Å². The van der Waals surface area contributed by atoms with Crippen molar-refractivity contribution in [3.8, 4) is 45.5 Å². The molecule has 0 aliphatic rings. The molecule has 0 aliphatic carbocycles. The van der Waals surface area contributed by atoms with Gasteiger partial charge in [-0.3, -0.25) is 9.55 Å². The lowest BCUT2D eigenvalue weighted by Gasteiger charge is -2.11. The molecule has 4 aromatic heterocycles. The van der Waals surface area contributed by atoms with Crippen LogP contribution in [0.1, 0.15) is 0 Å². The molecule has 6 aromatic carbocycles. The van der Waals surface area contributed by atoms with Crippen LogP contribution in [0.25, 0.3) is 89.2 Å². The Bertz CT molecular complexity index is 2800. The van der Waals surface area contributed by atoms with E-state index in [0.717, 1.165) is 66.2 Å². The second-order valence-electron chi connectivity index (χ2n) is 12.4. The highest BCUT2D eigenvalue weighted by Gasteiger charge is 2.19. The summed E-state index contributed by atoms with van der Waals surface area (Å²) >= 11 is 0. The highest BCUT2D eigenvalue weighted by atomic mass is 15.2. The van der Waals surface area contributed by atoms with Crippen molar-refractivity contribution >= 4 is 43.6 Å². The van der Waals surface area contributed by atoms with E-state index in [2.05, 4.69) is 111 Å². The van der Waals surface area contributed by atoms with Crippen LogP contribution in [0.5, 0.6) is 0 Å². The van der Waals surface area contributed by atoms with E-state index in [-0.39, 0.29) is 0 Å². The summed E-state index contributed by atoms with van der Waals surface area (Å²) in [5.41, 5.74) is 9.63. The molecule has 50 heavy (non-hydrogen) atoms. The number of aromatic nitrogens is 6. The van der Waals surface area contributed by atoms with E-state index in [1.807, 2.05) is 73.1 Å². The summed E-state index contributed by atoms with van der Waals surface area (Å²) in [6, 6.07) is 54.7. The summed E-state index contributed by atoms with van der Waals surface area (Å²) in [6.45, 7) is 0. The van der Waals surface area contributed by atoms with Gasteiger partial charge in [0.1, 0.15) is 0 Å². The smallest absolute Gasteiger partial charge is 0.238 e. The molecule has 6 nitrogen and oxygen atoms in total. The average molecular weight is 641 g/mol. The predicted molar refractivity (Wildman–Crippen MR) is 203 cm³/mol. The third-order valence-electron chi connectivity index (χ3n) is 9.48. The molecule has 4 heterocycles. The number of para-hydroxylation sites is 2. The standard InChI is InChI=1S/C44H28N6/c1-4-12-29(13-5-1)42-46-43(30-14-6-2-7-15-30)48-44(47-42)50-38-19-11-10-18-34(38)36-26-31(21-23-39(36)50)32-20-22-35-37-28-45-25-24-40(37)49(41(35)27-32)33-16-8-3-9-17-33/h1-28H. The zero-order valence-corrected chi connectivity index (χ0v) is 26.8. The van der Waals surface area contributed by atoms with Crippen molar-refractivity contribution in [2.75, 3.05) is 0 Å². The lowest BCUT2D eigenvalue weighted by molar-refractivity contribution is 0.953. The Labute approximate surface area is 287 Å². The van der Waals surface area contributed by atoms with Crippen LogP contribution in [0, 0.1) is 0 Å². The molecular formula is C44H28N6. The van der Waals surface area contributed by atoms with Gasteiger partial charge >= 0.3 is 0 Å². The van der Waals surface area contributed by atoms with Crippen LogP contribution in [0.3, 0.4) is 0 Å². The second-order valence-corrected chi connectivity index (χ2v) is 12.4. The SMILES string of the molecule is c1ccc(-c2nc(-c3ccccc3)nc(-n3c4ccccc4c4cc(-c5ccc6c7cnccc7n(-c7ccccc7)c6c5)ccc43)n2)cc1. The number of nitrogens with zero attached hydrogens (tertiary/aromatic N) is 6. The van der Waals surface area contributed by atoms with Crippen LogP contribution in [0.4, 0.5) is 0 Å². The Hall–Kier alpha value is -6.92. The minimum atomic E-state index is 0.582. The summed E-state index contributed by atoms with van der Waals surface area (Å²) in [7, 11) is 0. The molecule has 0 saturated carbocycles. The molecule has 0 aliphatic heterocycles. The Kier molecular flexibility index (Phi) is 6.39. The molecular weight excluding hydrogens is 613 g/mol. The lowest BCUT2D eigenvalue weighted by Crippen LogP contribution is -2.06. The van der Waals surface area contributed by atoms with E-state index in [1.165, 1.54) is 5.39 Å². The fraction of sp³-hybridized carbons (Fsp3) is 0. The van der Waals surface area contributed by atoms with Crippen molar-refractivity contribution in [1.82, 2.24) is 29.1 Å². The van der Waals surface area contributed by atoms with Gasteiger partial charge in [0.15, 0.2) is 11.6 Å². The Balaban J connectivity index is 1.18. The maximum Gasteiger partial charge on any atom is 0.238 e. The zero-order valence-electron chi connectivity index (χ0n) is 26.8. The molecule has 0 spiro atoms. The number of hydrogen-bond acceptors (Lipinski definition) is 4. The van der Waals surface area contributed by atoms with Gasteiger partial charge in [0.25, 0.3) is 0 Å². The molecule has 0 unspecified atom stereocenters. The molecule has 10 rings (SSSR count). The number of pyridine rings is 1.